The SMILES string of the molecule is O[C@H]1CCC[C@H](Nc2ccc(I)nn2)C1. The number of rotatable bonds is 2. The van der Waals surface area contributed by atoms with Gasteiger partial charge in [0, 0.05) is 6.04 Å². The highest BCUT2D eigenvalue weighted by Gasteiger charge is 2.20. The molecule has 0 unspecified atom stereocenters. The maximum atomic E-state index is 9.52. The number of nitrogens with zero attached hydrogens (tertiary/aromatic N) is 2. The molecule has 0 bridgehead atoms. The second kappa shape index (κ2) is 5.07. The molecule has 0 aliphatic heterocycles. The summed E-state index contributed by atoms with van der Waals surface area (Å²) in [5.74, 6) is 0.800. The van der Waals surface area contributed by atoms with Gasteiger partial charge in [0.2, 0.25) is 0 Å². The van der Waals surface area contributed by atoms with Crippen molar-refractivity contribution in [1.82, 2.24) is 10.2 Å². The van der Waals surface area contributed by atoms with E-state index in [0.717, 1.165) is 35.2 Å². The molecule has 1 fully saturated rings. The summed E-state index contributed by atoms with van der Waals surface area (Å²) in [7, 11) is 0. The average molecular weight is 319 g/mol. The van der Waals surface area contributed by atoms with Crippen LogP contribution in [0.2, 0.25) is 0 Å². The molecule has 4 nitrogen and oxygen atoms in total. The molecule has 2 rings (SSSR count). The molecule has 0 spiro atoms. The molecule has 2 N–H and O–H groups in total. The highest BCUT2D eigenvalue weighted by molar-refractivity contribution is 14.1. The Hall–Kier alpha value is -0.430. The van der Waals surface area contributed by atoms with Crippen molar-refractivity contribution in [3.63, 3.8) is 0 Å². The fourth-order valence-electron chi connectivity index (χ4n) is 1.90. The summed E-state index contributed by atoms with van der Waals surface area (Å²) < 4.78 is 0.891. The van der Waals surface area contributed by atoms with Crippen LogP contribution in [0.15, 0.2) is 12.1 Å². The molecule has 82 valence electrons. The molecule has 2 atom stereocenters. The average Bonchev–Trinajstić information content (AvgIpc) is 2.22. The number of aromatic nitrogens is 2. The van der Waals surface area contributed by atoms with E-state index in [0.29, 0.717) is 6.04 Å². The van der Waals surface area contributed by atoms with Crippen molar-refractivity contribution in [1.29, 1.82) is 0 Å². The quantitative estimate of drug-likeness (QED) is 0.816. The standard InChI is InChI=1S/C10H14IN3O/c11-9-4-5-10(14-13-9)12-7-2-1-3-8(15)6-7/h4-5,7-8,15H,1-3,6H2,(H,12,14)/t7-,8-/m0/s1. The van der Waals surface area contributed by atoms with Crippen molar-refractivity contribution in [2.75, 3.05) is 5.32 Å². The second-order valence-electron chi connectivity index (χ2n) is 3.90. The number of hydrogen-bond acceptors (Lipinski definition) is 4. The van der Waals surface area contributed by atoms with Crippen LogP contribution in [-0.2, 0) is 0 Å². The topological polar surface area (TPSA) is 58.0 Å². The molecule has 1 aliphatic carbocycles. The van der Waals surface area contributed by atoms with E-state index in [-0.39, 0.29) is 6.10 Å². The van der Waals surface area contributed by atoms with Crippen LogP contribution in [-0.4, -0.2) is 27.4 Å². The second-order valence-corrected chi connectivity index (χ2v) is 5.01. The lowest BCUT2D eigenvalue weighted by atomic mass is 9.93. The van der Waals surface area contributed by atoms with E-state index in [4.69, 9.17) is 0 Å². The Kier molecular flexibility index (Phi) is 3.74. The monoisotopic (exact) mass is 319 g/mol. The third-order valence-corrected chi connectivity index (χ3v) is 3.21. The van der Waals surface area contributed by atoms with E-state index in [2.05, 4.69) is 38.1 Å². The van der Waals surface area contributed by atoms with Crippen molar-refractivity contribution in [2.24, 2.45) is 0 Å². The molecule has 1 saturated carbocycles. The van der Waals surface area contributed by atoms with Crippen LogP contribution in [0.5, 0.6) is 0 Å². The van der Waals surface area contributed by atoms with Gasteiger partial charge in [-0.2, -0.15) is 0 Å². The van der Waals surface area contributed by atoms with Gasteiger partial charge >= 0.3 is 0 Å². The minimum absolute atomic E-state index is 0.159. The van der Waals surface area contributed by atoms with E-state index < -0.39 is 0 Å². The van der Waals surface area contributed by atoms with E-state index in [1.54, 1.807) is 0 Å². The Morgan fingerprint density at radius 1 is 1.33 bits per heavy atom. The number of nitrogens with one attached hydrogen (secondary N) is 1. The van der Waals surface area contributed by atoms with Crippen LogP contribution in [0.3, 0.4) is 0 Å². The molecule has 0 amide bonds. The smallest absolute Gasteiger partial charge is 0.148 e. The van der Waals surface area contributed by atoms with E-state index in [1.165, 1.54) is 0 Å². The summed E-state index contributed by atoms with van der Waals surface area (Å²) in [4.78, 5) is 0. The van der Waals surface area contributed by atoms with Crippen molar-refractivity contribution in [2.45, 2.75) is 37.8 Å². The van der Waals surface area contributed by atoms with Crippen molar-refractivity contribution in [3.8, 4) is 0 Å². The first-order chi connectivity index (χ1) is 7.24. The Labute approximate surface area is 103 Å². The van der Waals surface area contributed by atoms with Gasteiger partial charge in [-0.3, -0.25) is 0 Å². The Bertz CT molecular complexity index is 317. The number of aliphatic hydroxyl groups excluding tert-OH is 1. The number of anilines is 1. The van der Waals surface area contributed by atoms with Gasteiger partial charge in [0.1, 0.15) is 9.52 Å². The molecule has 5 heteroatoms. The zero-order chi connectivity index (χ0) is 10.7. The number of halogens is 1. The highest BCUT2D eigenvalue weighted by Crippen LogP contribution is 2.21. The molecule has 0 saturated heterocycles. The van der Waals surface area contributed by atoms with Crippen LogP contribution < -0.4 is 5.32 Å². The highest BCUT2D eigenvalue weighted by atomic mass is 127. The van der Waals surface area contributed by atoms with Gasteiger partial charge in [-0.25, -0.2) is 0 Å². The van der Waals surface area contributed by atoms with Crippen molar-refractivity contribution in [3.05, 3.63) is 15.8 Å². The molecular formula is C10H14IN3O. The third kappa shape index (κ3) is 3.27. The zero-order valence-corrected chi connectivity index (χ0v) is 10.5. The molecule has 1 aromatic rings. The van der Waals surface area contributed by atoms with Gasteiger partial charge in [0.15, 0.2) is 0 Å². The van der Waals surface area contributed by atoms with E-state index in [1.807, 2.05) is 12.1 Å². The maximum absolute atomic E-state index is 9.52. The predicted molar refractivity (Wildman–Crippen MR) is 66.6 cm³/mol. The Balaban J connectivity index is 1.93. The first kappa shape index (κ1) is 11.1. The molecule has 0 radical (unpaired) electrons. The molecule has 15 heavy (non-hydrogen) atoms. The van der Waals surface area contributed by atoms with E-state index in [9.17, 15) is 5.11 Å². The van der Waals surface area contributed by atoms with Gasteiger partial charge in [0.05, 0.1) is 6.10 Å². The van der Waals surface area contributed by atoms with Crippen molar-refractivity contribution < 1.29 is 5.11 Å². The number of aliphatic hydroxyl groups is 1. The van der Waals surface area contributed by atoms with Crippen LogP contribution >= 0.6 is 22.6 Å². The maximum Gasteiger partial charge on any atom is 0.148 e. The third-order valence-electron chi connectivity index (χ3n) is 2.63. The minimum atomic E-state index is -0.159. The largest absolute Gasteiger partial charge is 0.393 e. The van der Waals surface area contributed by atoms with Gasteiger partial charge in [-0.15, -0.1) is 10.2 Å². The van der Waals surface area contributed by atoms with Crippen LogP contribution in [0.25, 0.3) is 0 Å². The normalized spacial score (nSPS) is 26.3. The molecule has 1 aromatic heterocycles. The first-order valence-electron chi connectivity index (χ1n) is 5.18. The lowest BCUT2D eigenvalue weighted by Crippen LogP contribution is -2.30. The predicted octanol–water partition coefficient (Wildman–Crippen LogP) is 1.80. The summed E-state index contributed by atoms with van der Waals surface area (Å²) >= 11 is 2.13. The zero-order valence-electron chi connectivity index (χ0n) is 8.36. The van der Waals surface area contributed by atoms with Gasteiger partial charge in [0.25, 0.3) is 0 Å². The summed E-state index contributed by atoms with van der Waals surface area (Å²) in [5, 5.41) is 20.8. The minimum Gasteiger partial charge on any atom is -0.393 e. The van der Waals surface area contributed by atoms with Crippen LogP contribution in [0.4, 0.5) is 5.82 Å². The van der Waals surface area contributed by atoms with E-state index >= 15 is 0 Å². The fourth-order valence-corrected chi connectivity index (χ4v) is 2.18. The summed E-state index contributed by atoms with van der Waals surface area (Å²) in [6.07, 6.45) is 3.76. The lowest BCUT2D eigenvalue weighted by molar-refractivity contribution is 0.124. The first-order valence-corrected chi connectivity index (χ1v) is 6.26. The Morgan fingerprint density at radius 3 is 2.87 bits per heavy atom. The lowest BCUT2D eigenvalue weighted by Gasteiger charge is -2.26. The van der Waals surface area contributed by atoms with Crippen LogP contribution in [0, 0.1) is 3.70 Å². The molecule has 1 heterocycles. The number of hydrogen-bond donors (Lipinski definition) is 2. The molecular weight excluding hydrogens is 305 g/mol. The van der Waals surface area contributed by atoms with Crippen LogP contribution in [0.1, 0.15) is 25.7 Å². The molecule has 1 aliphatic rings. The van der Waals surface area contributed by atoms with Gasteiger partial charge < -0.3 is 10.4 Å². The Morgan fingerprint density at radius 2 is 2.20 bits per heavy atom. The van der Waals surface area contributed by atoms with Crippen molar-refractivity contribution >= 4 is 28.4 Å². The summed E-state index contributed by atoms with van der Waals surface area (Å²) in [6.45, 7) is 0. The fraction of sp³-hybridized carbons (Fsp3) is 0.600. The molecule has 0 aromatic carbocycles. The van der Waals surface area contributed by atoms with Gasteiger partial charge in [-0.1, -0.05) is 0 Å². The van der Waals surface area contributed by atoms with Gasteiger partial charge in [-0.05, 0) is 60.4 Å². The summed E-state index contributed by atoms with van der Waals surface area (Å²) in [5.41, 5.74) is 0. The summed E-state index contributed by atoms with van der Waals surface area (Å²) in [6, 6.07) is 4.19.